The number of hydrogen-bond donors (Lipinski definition) is 0. The first-order valence-electron chi connectivity index (χ1n) is 5.96. The summed E-state index contributed by atoms with van der Waals surface area (Å²) >= 11 is 1.91. The van der Waals surface area contributed by atoms with E-state index in [-0.39, 0.29) is 11.4 Å². The maximum atomic E-state index is 11.3. The molecule has 15 heavy (non-hydrogen) atoms. The van der Waals surface area contributed by atoms with E-state index in [2.05, 4.69) is 13.8 Å². The van der Waals surface area contributed by atoms with Crippen LogP contribution in [-0.2, 0) is 9.53 Å². The molecule has 1 fully saturated rings. The highest BCUT2D eigenvalue weighted by molar-refractivity contribution is 7.99. The number of carbonyl (C=O) groups excluding carboxylic acids is 1. The number of ether oxygens (including phenoxy) is 1. The van der Waals surface area contributed by atoms with Crippen LogP contribution in [0.1, 0.15) is 46.0 Å². The quantitative estimate of drug-likeness (QED) is 0.693. The molecular formula is C12H22O2S. The molecule has 0 radical (unpaired) electrons. The van der Waals surface area contributed by atoms with E-state index in [4.69, 9.17) is 4.74 Å². The van der Waals surface area contributed by atoms with Gasteiger partial charge in [0.2, 0.25) is 0 Å². The normalized spacial score (nSPS) is 28.0. The van der Waals surface area contributed by atoms with Crippen LogP contribution in [0.15, 0.2) is 0 Å². The zero-order valence-corrected chi connectivity index (χ0v) is 10.7. The summed E-state index contributed by atoms with van der Waals surface area (Å²) in [7, 11) is 0. The molecule has 2 nitrogen and oxygen atoms in total. The Bertz CT molecular complexity index is 202. The summed E-state index contributed by atoms with van der Waals surface area (Å²) in [6.07, 6.45) is 5.36. The van der Waals surface area contributed by atoms with Gasteiger partial charge in [-0.25, -0.2) is 0 Å². The summed E-state index contributed by atoms with van der Waals surface area (Å²) in [5.74, 6) is 2.06. The molecule has 1 rings (SSSR count). The van der Waals surface area contributed by atoms with E-state index in [1.165, 1.54) is 19.3 Å². The third-order valence-electron chi connectivity index (χ3n) is 3.21. The number of esters is 1. The number of hydrogen-bond acceptors (Lipinski definition) is 3. The monoisotopic (exact) mass is 230 g/mol. The van der Waals surface area contributed by atoms with Crippen molar-refractivity contribution in [1.82, 2.24) is 0 Å². The number of cyclic esters (lactones) is 1. The Kier molecular flexibility index (Phi) is 5.51. The van der Waals surface area contributed by atoms with E-state index in [1.54, 1.807) is 0 Å². The number of carbonyl (C=O) groups is 1. The molecule has 0 amide bonds. The van der Waals surface area contributed by atoms with Crippen LogP contribution in [0.3, 0.4) is 0 Å². The first-order chi connectivity index (χ1) is 7.22. The summed E-state index contributed by atoms with van der Waals surface area (Å²) in [6, 6.07) is 0. The van der Waals surface area contributed by atoms with Crippen LogP contribution in [0.25, 0.3) is 0 Å². The third-order valence-corrected chi connectivity index (χ3v) is 4.52. The highest BCUT2D eigenvalue weighted by atomic mass is 32.2. The Morgan fingerprint density at radius 2 is 2.27 bits per heavy atom. The highest BCUT2D eigenvalue weighted by Crippen LogP contribution is 2.34. The van der Waals surface area contributed by atoms with Crippen molar-refractivity contribution in [3.63, 3.8) is 0 Å². The number of unbranched alkanes of at least 4 members (excludes halogenated alkanes) is 1. The molecule has 0 spiro atoms. The van der Waals surface area contributed by atoms with Crippen molar-refractivity contribution >= 4 is 17.7 Å². The van der Waals surface area contributed by atoms with Gasteiger partial charge in [0, 0.05) is 16.9 Å². The van der Waals surface area contributed by atoms with E-state index in [0.717, 1.165) is 17.9 Å². The van der Waals surface area contributed by atoms with Crippen LogP contribution in [0.5, 0.6) is 0 Å². The van der Waals surface area contributed by atoms with Gasteiger partial charge in [-0.05, 0) is 12.8 Å². The molecule has 0 saturated carbocycles. The molecule has 0 N–H and O–H groups in total. The molecule has 0 aromatic heterocycles. The highest BCUT2D eigenvalue weighted by Gasteiger charge is 2.30. The van der Waals surface area contributed by atoms with Crippen LogP contribution in [0, 0.1) is 5.41 Å². The standard InChI is InChI=1S/C12H22O2S/c1-3-5-7-12(4-2)9-14-11(13)6-8-15-10-12/h3-10H2,1-2H3. The first kappa shape index (κ1) is 12.9. The van der Waals surface area contributed by atoms with Crippen molar-refractivity contribution < 1.29 is 9.53 Å². The number of thioether (sulfide) groups is 1. The fraction of sp³-hybridized carbons (Fsp3) is 0.917. The zero-order chi connectivity index (χ0) is 11.1. The molecule has 1 atom stereocenters. The average molecular weight is 230 g/mol. The van der Waals surface area contributed by atoms with Crippen LogP contribution in [0.2, 0.25) is 0 Å². The largest absolute Gasteiger partial charge is 0.465 e. The second kappa shape index (κ2) is 6.41. The Balaban J connectivity index is 2.54. The average Bonchev–Trinajstić information content (AvgIpc) is 2.24. The Labute approximate surface area is 97.1 Å². The van der Waals surface area contributed by atoms with Crippen molar-refractivity contribution in [2.45, 2.75) is 46.0 Å². The van der Waals surface area contributed by atoms with E-state index >= 15 is 0 Å². The molecule has 0 aliphatic carbocycles. The van der Waals surface area contributed by atoms with E-state index in [1.807, 2.05) is 11.8 Å². The first-order valence-corrected chi connectivity index (χ1v) is 7.11. The van der Waals surface area contributed by atoms with E-state index in [9.17, 15) is 4.79 Å². The number of rotatable bonds is 4. The molecule has 1 saturated heterocycles. The van der Waals surface area contributed by atoms with Crippen molar-refractivity contribution in [3.05, 3.63) is 0 Å². The molecule has 1 heterocycles. The van der Waals surface area contributed by atoms with Crippen LogP contribution in [0.4, 0.5) is 0 Å². The molecule has 88 valence electrons. The lowest BCUT2D eigenvalue weighted by Crippen LogP contribution is -2.32. The van der Waals surface area contributed by atoms with E-state index < -0.39 is 0 Å². The van der Waals surface area contributed by atoms with Gasteiger partial charge in [0.05, 0.1) is 13.0 Å². The van der Waals surface area contributed by atoms with Gasteiger partial charge in [-0.1, -0.05) is 26.7 Å². The van der Waals surface area contributed by atoms with Gasteiger partial charge in [-0.2, -0.15) is 11.8 Å². The molecule has 1 aliphatic rings. The van der Waals surface area contributed by atoms with Gasteiger partial charge in [-0.15, -0.1) is 0 Å². The van der Waals surface area contributed by atoms with Gasteiger partial charge in [0.1, 0.15) is 0 Å². The maximum absolute atomic E-state index is 11.3. The lowest BCUT2D eigenvalue weighted by atomic mass is 9.83. The smallest absolute Gasteiger partial charge is 0.306 e. The topological polar surface area (TPSA) is 26.3 Å². The van der Waals surface area contributed by atoms with Gasteiger partial charge in [0.15, 0.2) is 0 Å². The Morgan fingerprint density at radius 1 is 1.47 bits per heavy atom. The van der Waals surface area contributed by atoms with Crippen molar-refractivity contribution in [3.8, 4) is 0 Å². The lowest BCUT2D eigenvalue weighted by Gasteiger charge is -2.33. The van der Waals surface area contributed by atoms with E-state index in [0.29, 0.717) is 13.0 Å². The summed E-state index contributed by atoms with van der Waals surface area (Å²) in [6.45, 7) is 5.06. The van der Waals surface area contributed by atoms with Crippen molar-refractivity contribution in [2.24, 2.45) is 5.41 Å². The second-order valence-electron chi connectivity index (χ2n) is 4.42. The summed E-state index contributed by atoms with van der Waals surface area (Å²) < 4.78 is 5.33. The fourth-order valence-corrected chi connectivity index (χ4v) is 3.19. The molecule has 0 aromatic carbocycles. The van der Waals surface area contributed by atoms with Gasteiger partial charge in [0.25, 0.3) is 0 Å². The third kappa shape index (κ3) is 4.06. The summed E-state index contributed by atoms with van der Waals surface area (Å²) in [5, 5.41) is 0. The molecular weight excluding hydrogens is 208 g/mol. The molecule has 1 unspecified atom stereocenters. The predicted octanol–water partition coefficient (Wildman–Crippen LogP) is 3.25. The summed E-state index contributed by atoms with van der Waals surface area (Å²) in [5.41, 5.74) is 0.247. The van der Waals surface area contributed by atoms with Crippen LogP contribution in [-0.4, -0.2) is 24.1 Å². The van der Waals surface area contributed by atoms with Crippen LogP contribution < -0.4 is 0 Å². The molecule has 0 bridgehead atoms. The predicted molar refractivity (Wildman–Crippen MR) is 65.2 cm³/mol. The minimum Gasteiger partial charge on any atom is -0.465 e. The maximum Gasteiger partial charge on any atom is 0.306 e. The van der Waals surface area contributed by atoms with Crippen molar-refractivity contribution in [1.29, 1.82) is 0 Å². The Morgan fingerprint density at radius 3 is 2.93 bits per heavy atom. The second-order valence-corrected chi connectivity index (χ2v) is 5.53. The van der Waals surface area contributed by atoms with Gasteiger partial charge >= 0.3 is 5.97 Å². The minimum atomic E-state index is -0.0171. The Hall–Kier alpha value is -0.180. The zero-order valence-electron chi connectivity index (χ0n) is 9.88. The SMILES string of the molecule is CCCCC1(CC)COC(=O)CCSC1. The van der Waals surface area contributed by atoms with Gasteiger partial charge < -0.3 is 4.74 Å². The fourth-order valence-electron chi connectivity index (χ4n) is 1.87. The minimum absolute atomic E-state index is 0.0171. The van der Waals surface area contributed by atoms with Crippen molar-refractivity contribution in [2.75, 3.05) is 18.1 Å². The molecule has 0 aromatic rings. The van der Waals surface area contributed by atoms with Gasteiger partial charge in [-0.3, -0.25) is 4.79 Å². The summed E-state index contributed by atoms with van der Waals surface area (Å²) in [4.78, 5) is 11.3. The van der Waals surface area contributed by atoms with Crippen LogP contribution >= 0.6 is 11.8 Å². The molecule has 1 aliphatic heterocycles. The molecule has 3 heteroatoms. The lowest BCUT2D eigenvalue weighted by molar-refractivity contribution is -0.146.